The fourth-order valence-corrected chi connectivity index (χ4v) is 1.57. The van der Waals surface area contributed by atoms with Crippen LogP contribution in [0.15, 0.2) is 18.2 Å². The van der Waals surface area contributed by atoms with Crippen LogP contribution in [0, 0.1) is 0 Å². The molecular weight excluding hydrogens is 321 g/mol. The maximum Gasteiger partial charge on any atom is 0.255 e. The van der Waals surface area contributed by atoms with Gasteiger partial charge in [-0.25, -0.2) is 0 Å². The fourth-order valence-electron chi connectivity index (χ4n) is 1.19. The summed E-state index contributed by atoms with van der Waals surface area (Å²) in [4.78, 5) is 11.7. The number of ether oxygens (including phenoxy) is 1. The van der Waals surface area contributed by atoms with Crippen LogP contribution in [0.4, 0.5) is 0 Å². The molecule has 0 unspecified atom stereocenters. The van der Waals surface area contributed by atoms with Crippen LogP contribution in [0.5, 0.6) is 11.5 Å². The van der Waals surface area contributed by atoms with E-state index in [9.17, 15) is 9.90 Å². The Hall–Kier alpha value is -0.980. The van der Waals surface area contributed by atoms with Gasteiger partial charge in [0.15, 0.2) is 0 Å². The highest BCUT2D eigenvalue weighted by Gasteiger charge is 2.11. The van der Waals surface area contributed by atoms with Gasteiger partial charge in [-0.15, -0.1) is 0 Å². The van der Waals surface area contributed by atoms with E-state index in [1.807, 2.05) is 0 Å². The number of phenols is 1. The lowest BCUT2D eigenvalue weighted by atomic mass is 10.1. The van der Waals surface area contributed by atoms with Crippen LogP contribution < -0.4 is 10.1 Å². The van der Waals surface area contributed by atoms with Crippen molar-refractivity contribution in [3.63, 3.8) is 0 Å². The van der Waals surface area contributed by atoms with Gasteiger partial charge in [0.2, 0.25) is 0 Å². The number of nitrogens with one attached hydrogen (secondary N) is 1. The second kappa shape index (κ2) is 6.57. The van der Waals surface area contributed by atoms with E-state index >= 15 is 0 Å². The van der Waals surface area contributed by atoms with Gasteiger partial charge in [-0.05, 0) is 24.6 Å². The Labute approximate surface area is 108 Å². The largest absolute Gasteiger partial charge is 0.507 e. The lowest BCUT2D eigenvalue weighted by molar-refractivity contribution is 0.0951. The number of hydrogen-bond acceptors (Lipinski definition) is 3. The lowest BCUT2D eigenvalue weighted by Gasteiger charge is -2.07. The van der Waals surface area contributed by atoms with E-state index in [1.165, 1.54) is 19.2 Å². The second-order valence-electron chi connectivity index (χ2n) is 3.18. The summed E-state index contributed by atoms with van der Waals surface area (Å²) in [6.07, 6.45) is 0.914. The zero-order chi connectivity index (χ0) is 12.0. The number of alkyl halides is 1. The molecule has 0 saturated heterocycles. The van der Waals surface area contributed by atoms with Crippen LogP contribution >= 0.6 is 22.6 Å². The van der Waals surface area contributed by atoms with Crippen molar-refractivity contribution in [2.45, 2.75) is 6.42 Å². The van der Waals surface area contributed by atoms with Gasteiger partial charge in [0.1, 0.15) is 11.5 Å². The predicted octanol–water partition coefficient (Wildman–Crippen LogP) is 1.96. The highest BCUT2D eigenvalue weighted by molar-refractivity contribution is 14.1. The molecule has 4 nitrogen and oxygen atoms in total. The molecule has 16 heavy (non-hydrogen) atoms. The van der Waals surface area contributed by atoms with Crippen molar-refractivity contribution >= 4 is 28.5 Å². The second-order valence-corrected chi connectivity index (χ2v) is 4.26. The first kappa shape index (κ1) is 13.1. The molecule has 1 amide bonds. The minimum atomic E-state index is -0.277. The summed E-state index contributed by atoms with van der Waals surface area (Å²) in [7, 11) is 1.52. The molecule has 1 rings (SSSR count). The number of aromatic hydroxyl groups is 1. The average molecular weight is 335 g/mol. The third-order valence-electron chi connectivity index (χ3n) is 2.04. The molecule has 0 heterocycles. The Balaban J connectivity index is 2.73. The molecule has 0 bridgehead atoms. The van der Waals surface area contributed by atoms with Crippen molar-refractivity contribution in [3.8, 4) is 11.5 Å². The molecule has 1 aromatic carbocycles. The molecule has 2 N–H and O–H groups in total. The number of halogens is 1. The highest BCUT2D eigenvalue weighted by Crippen LogP contribution is 2.22. The van der Waals surface area contributed by atoms with Gasteiger partial charge in [0.05, 0.1) is 12.7 Å². The number of amides is 1. The summed E-state index contributed by atoms with van der Waals surface area (Å²) >= 11 is 2.25. The van der Waals surface area contributed by atoms with E-state index in [0.29, 0.717) is 12.3 Å². The molecule has 1 aromatic rings. The Morgan fingerprint density at radius 3 is 2.94 bits per heavy atom. The first-order valence-electron chi connectivity index (χ1n) is 4.90. The number of hydrogen-bond donors (Lipinski definition) is 2. The number of benzene rings is 1. The molecule has 0 atom stereocenters. The molecule has 0 aliphatic carbocycles. The van der Waals surface area contributed by atoms with Gasteiger partial charge < -0.3 is 15.2 Å². The topological polar surface area (TPSA) is 58.6 Å². The van der Waals surface area contributed by atoms with E-state index in [2.05, 4.69) is 27.9 Å². The van der Waals surface area contributed by atoms with E-state index in [0.717, 1.165) is 10.8 Å². The molecule has 88 valence electrons. The maximum absolute atomic E-state index is 11.7. The van der Waals surface area contributed by atoms with Gasteiger partial charge in [0, 0.05) is 11.0 Å². The first-order chi connectivity index (χ1) is 7.69. The molecule has 0 aromatic heterocycles. The van der Waals surface area contributed by atoms with Crippen molar-refractivity contribution in [1.29, 1.82) is 0 Å². The van der Waals surface area contributed by atoms with E-state index in [-0.39, 0.29) is 17.2 Å². The summed E-state index contributed by atoms with van der Waals surface area (Å²) in [5, 5.41) is 12.3. The zero-order valence-corrected chi connectivity index (χ0v) is 11.2. The Kier molecular flexibility index (Phi) is 5.37. The number of phenolic OH excluding ortho intramolecular Hbond substituents is 1. The van der Waals surface area contributed by atoms with Crippen molar-refractivity contribution in [2.24, 2.45) is 0 Å². The fraction of sp³-hybridized carbons (Fsp3) is 0.364. The molecule has 0 fully saturated rings. The molecule has 0 saturated carbocycles. The third-order valence-corrected chi connectivity index (χ3v) is 2.81. The van der Waals surface area contributed by atoms with Crippen LogP contribution in [0.3, 0.4) is 0 Å². The Morgan fingerprint density at radius 1 is 1.56 bits per heavy atom. The standard InChI is InChI=1S/C11H14INO3/c1-16-8-3-4-10(14)9(7-8)11(15)13-6-2-5-12/h3-4,7,14H,2,5-6H2,1H3,(H,13,15). The summed E-state index contributed by atoms with van der Waals surface area (Å²) < 4.78 is 5.98. The molecule has 5 heteroatoms. The monoisotopic (exact) mass is 335 g/mol. The van der Waals surface area contributed by atoms with Gasteiger partial charge >= 0.3 is 0 Å². The maximum atomic E-state index is 11.7. The zero-order valence-electron chi connectivity index (χ0n) is 9.00. The SMILES string of the molecule is COc1ccc(O)c(C(=O)NCCCI)c1. The van der Waals surface area contributed by atoms with E-state index in [4.69, 9.17) is 4.74 Å². The summed E-state index contributed by atoms with van der Waals surface area (Å²) in [5.41, 5.74) is 0.243. The summed E-state index contributed by atoms with van der Waals surface area (Å²) in [6, 6.07) is 4.58. The van der Waals surface area contributed by atoms with Gasteiger partial charge in [0.25, 0.3) is 5.91 Å². The predicted molar refractivity (Wildman–Crippen MR) is 70.5 cm³/mol. The average Bonchev–Trinajstić information content (AvgIpc) is 2.30. The molecule has 0 radical (unpaired) electrons. The van der Waals surface area contributed by atoms with Gasteiger partial charge in [-0.2, -0.15) is 0 Å². The number of carbonyl (C=O) groups excluding carboxylic acids is 1. The number of carbonyl (C=O) groups is 1. The normalized spacial score (nSPS) is 9.88. The van der Waals surface area contributed by atoms with Crippen molar-refractivity contribution in [1.82, 2.24) is 5.32 Å². The van der Waals surface area contributed by atoms with Crippen LogP contribution in [-0.4, -0.2) is 29.1 Å². The van der Waals surface area contributed by atoms with Gasteiger partial charge in [-0.3, -0.25) is 4.79 Å². The minimum absolute atomic E-state index is 0.0345. The minimum Gasteiger partial charge on any atom is -0.507 e. The van der Waals surface area contributed by atoms with Crippen LogP contribution in [0.2, 0.25) is 0 Å². The van der Waals surface area contributed by atoms with Crippen molar-refractivity contribution in [2.75, 3.05) is 18.1 Å². The Morgan fingerprint density at radius 2 is 2.31 bits per heavy atom. The highest BCUT2D eigenvalue weighted by atomic mass is 127. The molecule has 0 spiro atoms. The van der Waals surface area contributed by atoms with Crippen molar-refractivity contribution in [3.05, 3.63) is 23.8 Å². The summed E-state index contributed by atoms with van der Waals surface area (Å²) in [6.45, 7) is 0.610. The number of methoxy groups -OCH3 is 1. The van der Waals surface area contributed by atoms with E-state index in [1.54, 1.807) is 6.07 Å². The molecule has 0 aliphatic rings. The smallest absolute Gasteiger partial charge is 0.255 e. The first-order valence-corrected chi connectivity index (χ1v) is 6.42. The Bertz CT molecular complexity index is 368. The third kappa shape index (κ3) is 3.55. The van der Waals surface area contributed by atoms with Crippen molar-refractivity contribution < 1.29 is 14.6 Å². The van der Waals surface area contributed by atoms with E-state index < -0.39 is 0 Å². The van der Waals surface area contributed by atoms with Crippen LogP contribution in [-0.2, 0) is 0 Å². The number of rotatable bonds is 5. The quantitative estimate of drug-likeness (QED) is 0.491. The molecule has 0 aliphatic heterocycles. The van der Waals surface area contributed by atoms with Gasteiger partial charge in [-0.1, -0.05) is 22.6 Å². The van der Waals surface area contributed by atoms with Crippen LogP contribution in [0.1, 0.15) is 16.8 Å². The summed E-state index contributed by atoms with van der Waals surface area (Å²) in [5.74, 6) is 0.242. The molecular formula is C11H14INO3. The lowest BCUT2D eigenvalue weighted by Crippen LogP contribution is -2.24. The van der Waals surface area contributed by atoms with Crippen LogP contribution in [0.25, 0.3) is 0 Å².